The standard InChI is InChI=1S/C17H15NO6S2/c1-10(19)24-12-7-6-11(8-13(12)23-2)4-3-5-14-16(22)18(9-15(20)21)17(25)26-14/h3-8H,9H2,1-2H3,(H,20,21). The minimum Gasteiger partial charge on any atom is -0.493 e. The Hall–Kier alpha value is -2.65. The summed E-state index contributed by atoms with van der Waals surface area (Å²) in [5.41, 5.74) is 0.759. The molecule has 1 fully saturated rings. The van der Waals surface area contributed by atoms with E-state index in [0.29, 0.717) is 16.4 Å². The number of hydrogen-bond acceptors (Lipinski definition) is 7. The van der Waals surface area contributed by atoms with Crippen LogP contribution < -0.4 is 9.47 Å². The zero-order chi connectivity index (χ0) is 19.3. The highest BCUT2D eigenvalue weighted by Crippen LogP contribution is 2.31. The first-order valence-corrected chi connectivity index (χ1v) is 8.54. The number of carboxylic acids is 1. The van der Waals surface area contributed by atoms with Gasteiger partial charge in [-0.3, -0.25) is 19.3 Å². The number of hydrogen-bond donors (Lipinski definition) is 1. The van der Waals surface area contributed by atoms with Crippen LogP contribution in [0.2, 0.25) is 0 Å². The molecule has 2 rings (SSSR count). The van der Waals surface area contributed by atoms with Crippen LogP contribution in [0.3, 0.4) is 0 Å². The molecule has 26 heavy (non-hydrogen) atoms. The molecule has 1 aliphatic heterocycles. The van der Waals surface area contributed by atoms with Crippen molar-refractivity contribution in [3.63, 3.8) is 0 Å². The molecule has 1 aromatic carbocycles. The van der Waals surface area contributed by atoms with Crippen molar-refractivity contribution in [1.29, 1.82) is 0 Å². The minimum absolute atomic E-state index is 0.212. The summed E-state index contributed by atoms with van der Waals surface area (Å²) in [6.45, 7) is 0.842. The van der Waals surface area contributed by atoms with Crippen molar-refractivity contribution in [1.82, 2.24) is 4.90 Å². The molecule has 0 spiro atoms. The van der Waals surface area contributed by atoms with Gasteiger partial charge in [-0.25, -0.2) is 0 Å². The van der Waals surface area contributed by atoms with Gasteiger partial charge in [-0.05, 0) is 23.8 Å². The Morgan fingerprint density at radius 1 is 1.35 bits per heavy atom. The molecule has 0 aliphatic carbocycles. The van der Waals surface area contributed by atoms with Crippen LogP contribution in [0.25, 0.3) is 6.08 Å². The summed E-state index contributed by atoms with van der Waals surface area (Å²) in [4.78, 5) is 35.3. The topological polar surface area (TPSA) is 93.1 Å². The Morgan fingerprint density at radius 3 is 2.69 bits per heavy atom. The average molecular weight is 393 g/mol. The van der Waals surface area contributed by atoms with E-state index < -0.39 is 24.4 Å². The van der Waals surface area contributed by atoms with Gasteiger partial charge in [0.2, 0.25) is 0 Å². The average Bonchev–Trinajstić information content (AvgIpc) is 2.83. The van der Waals surface area contributed by atoms with E-state index in [2.05, 4.69) is 0 Å². The van der Waals surface area contributed by atoms with Crippen molar-refractivity contribution in [3.05, 3.63) is 40.8 Å². The van der Waals surface area contributed by atoms with Gasteiger partial charge < -0.3 is 14.6 Å². The number of amides is 1. The monoisotopic (exact) mass is 393 g/mol. The molecule has 1 aromatic rings. The second-order valence-corrected chi connectivity index (χ2v) is 6.72. The van der Waals surface area contributed by atoms with Gasteiger partial charge in [0, 0.05) is 6.92 Å². The zero-order valence-electron chi connectivity index (χ0n) is 13.9. The third kappa shape index (κ3) is 4.93. The van der Waals surface area contributed by atoms with E-state index in [1.807, 2.05) is 0 Å². The zero-order valence-corrected chi connectivity index (χ0v) is 15.6. The molecular weight excluding hydrogens is 378 g/mol. The summed E-state index contributed by atoms with van der Waals surface area (Å²) in [6.07, 6.45) is 4.94. The van der Waals surface area contributed by atoms with Crippen molar-refractivity contribution >= 4 is 52.2 Å². The number of nitrogens with zero attached hydrogens (tertiary/aromatic N) is 1. The fourth-order valence-corrected chi connectivity index (χ4v) is 3.27. The van der Waals surface area contributed by atoms with Crippen molar-refractivity contribution in [2.45, 2.75) is 6.92 Å². The van der Waals surface area contributed by atoms with Crippen LogP contribution in [0.15, 0.2) is 35.3 Å². The smallest absolute Gasteiger partial charge is 0.323 e. The highest BCUT2D eigenvalue weighted by molar-refractivity contribution is 8.26. The van der Waals surface area contributed by atoms with E-state index in [0.717, 1.165) is 22.2 Å². The number of rotatable bonds is 6. The molecule has 0 atom stereocenters. The lowest BCUT2D eigenvalue weighted by atomic mass is 10.2. The maximum absolute atomic E-state index is 12.1. The summed E-state index contributed by atoms with van der Waals surface area (Å²) in [7, 11) is 1.46. The number of ether oxygens (including phenoxy) is 2. The quantitative estimate of drug-likeness (QED) is 0.341. The first-order valence-electron chi connectivity index (χ1n) is 7.32. The number of esters is 1. The molecule has 7 nitrogen and oxygen atoms in total. The number of carbonyl (C=O) groups excluding carboxylic acids is 2. The molecule has 1 saturated heterocycles. The summed E-state index contributed by atoms with van der Waals surface area (Å²) < 4.78 is 10.4. The van der Waals surface area contributed by atoms with Crippen molar-refractivity contribution in [2.24, 2.45) is 0 Å². The summed E-state index contributed by atoms with van der Waals surface area (Å²) in [5.74, 6) is -1.30. The maximum atomic E-state index is 12.1. The van der Waals surface area contributed by atoms with Gasteiger partial charge in [-0.1, -0.05) is 42.2 Å². The summed E-state index contributed by atoms with van der Waals surface area (Å²) >= 11 is 6.07. The molecule has 0 aromatic heterocycles. The fraction of sp³-hybridized carbons (Fsp3) is 0.176. The van der Waals surface area contributed by atoms with Crippen molar-refractivity contribution in [2.75, 3.05) is 13.7 Å². The first kappa shape index (κ1) is 19.7. The molecule has 1 heterocycles. The lowest BCUT2D eigenvalue weighted by molar-refractivity contribution is -0.140. The van der Waals surface area contributed by atoms with Crippen LogP contribution in [0.5, 0.6) is 11.5 Å². The third-order valence-electron chi connectivity index (χ3n) is 3.14. The number of carboxylic acid groups (broad SMARTS) is 1. The van der Waals surface area contributed by atoms with E-state index in [9.17, 15) is 14.4 Å². The normalized spacial score (nSPS) is 15.8. The van der Waals surface area contributed by atoms with E-state index in [1.165, 1.54) is 14.0 Å². The van der Waals surface area contributed by atoms with Gasteiger partial charge in [-0.15, -0.1) is 0 Å². The van der Waals surface area contributed by atoms with E-state index in [4.69, 9.17) is 26.8 Å². The number of benzene rings is 1. The largest absolute Gasteiger partial charge is 0.493 e. The van der Waals surface area contributed by atoms with Crippen molar-refractivity contribution < 1.29 is 29.0 Å². The highest BCUT2D eigenvalue weighted by Gasteiger charge is 2.32. The fourth-order valence-electron chi connectivity index (χ4n) is 2.06. The Balaban J connectivity index is 2.14. The predicted octanol–water partition coefficient (Wildman–Crippen LogP) is 2.46. The Bertz CT molecular complexity index is 831. The number of thiocarbonyl (C=S) groups is 1. The van der Waals surface area contributed by atoms with Crippen LogP contribution >= 0.6 is 24.0 Å². The molecule has 0 unspecified atom stereocenters. The van der Waals surface area contributed by atoms with Gasteiger partial charge in [0.25, 0.3) is 5.91 Å². The second-order valence-electron chi connectivity index (χ2n) is 5.05. The Labute approximate surface area is 159 Å². The second kappa shape index (κ2) is 8.63. The molecule has 0 bridgehead atoms. The van der Waals surface area contributed by atoms with Crippen molar-refractivity contribution in [3.8, 4) is 11.5 Å². The highest BCUT2D eigenvalue weighted by atomic mass is 32.2. The van der Waals surface area contributed by atoms with Gasteiger partial charge in [0.1, 0.15) is 10.9 Å². The molecule has 1 N–H and O–H groups in total. The molecule has 0 saturated carbocycles. The van der Waals surface area contributed by atoms with Gasteiger partial charge in [0.05, 0.1) is 12.0 Å². The predicted molar refractivity (Wildman–Crippen MR) is 101 cm³/mol. The lowest BCUT2D eigenvalue weighted by Crippen LogP contribution is -2.33. The molecular formula is C17H15NO6S2. The minimum atomic E-state index is -1.13. The van der Waals surface area contributed by atoms with E-state index in [1.54, 1.807) is 36.4 Å². The van der Waals surface area contributed by atoms with Gasteiger partial charge in [-0.2, -0.15) is 0 Å². The molecule has 9 heteroatoms. The number of methoxy groups -OCH3 is 1. The van der Waals surface area contributed by atoms with Crippen LogP contribution in [-0.4, -0.2) is 45.8 Å². The Morgan fingerprint density at radius 2 is 2.08 bits per heavy atom. The molecule has 0 radical (unpaired) electrons. The van der Waals surface area contributed by atoms with E-state index in [-0.39, 0.29) is 4.32 Å². The molecule has 1 aliphatic rings. The Kier molecular flexibility index (Phi) is 6.53. The summed E-state index contributed by atoms with van der Waals surface area (Å²) in [5, 5.41) is 8.81. The van der Waals surface area contributed by atoms with Gasteiger partial charge >= 0.3 is 11.9 Å². The summed E-state index contributed by atoms with van der Waals surface area (Å²) in [6, 6.07) is 5.01. The van der Waals surface area contributed by atoms with Gasteiger partial charge in [0.15, 0.2) is 11.5 Å². The van der Waals surface area contributed by atoms with E-state index >= 15 is 0 Å². The molecule has 136 valence electrons. The third-order valence-corrected chi connectivity index (χ3v) is 4.54. The van der Waals surface area contributed by atoms with Crippen LogP contribution in [0, 0.1) is 0 Å². The first-order chi connectivity index (χ1) is 12.3. The van der Waals surface area contributed by atoms with Crippen LogP contribution in [-0.2, 0) is 14.4 Å². The lowest BCUT2D eigenvalue weighted by Gasteiger charge is -2.09. The number of thioether (sulfide) groups is 1. The van der Waals surface area contributed by atoms with Crippen LogP contribution in [0.1, 0.15) is 12.5 Å². The number of carbonyl (C=O) groups is 3. The maximum Gasteiger partial charge on any atom is 0.323 e. The molecule has 1 amide bonds. The number of allylic oxidation sites excluding steroid dienone is 2. The SMILES string of the molecule is COc1cc(C=CC=C2SC(=S)N(CC(=O)O)C2=O)ccc1OC(C)=O. The number of aliphatic carboxylic acids is 1. The van der Waals surface area contributed by atoms with Crippen LogP contribution in [0.4, 0.5) is 0 Å².